The average molecular weight is 226 g/mol. The zero-order valence-corrected chi connectivity index (χ0v) is 9.31. The maximum atomic E-state index is 12.0. The second kappa shape index (κ2) is 4.59. The summed E-state index contributed by atoms with van der Waals surface area (Å²) >= 11 is 0. The zero-order valence-electron chi connectivity index (χ0n) is 8.50. The van der Waals surface area contributed by atoms with Crippen LogP contribution in [0.3, 0.4) is 0 Å². The molecule has 15 heavy (non-hydrogen) atoms. The first-order valence-electron chi connectivity index (χ1n) is 4.59. The van der Waals surface area contributed by atoms with Crippen LogP contribution in [0.25, 0.3) is 0 Å². The van der Waals surface area contributed by atoms with Crippen molar-refractivity contribution in [3.8, 4) is 0 Å². The van der Waals surface area contributed by atoms with E-state index in [1.165, 1.54) is 25.1 Å². The Hall–Kier alpha value is -1.13. The predicted molar refractivity (Wildman–Crippen MR) is 59.3 cm³/mol. The molecule has 1 aromatic rings. The molecule has 0 fully saturated rings. The third kappa shape index (κ3) is 2.46. The molecule has 0 radical (unpaired) electrons. The van der Waals surface area contributed by atoms with Gasteiger partial charge in [0.2, 0.25) is 0 Å². The summed E-state index contributed by atoms with van der Waals surface area (Å²) in [5.41, 5.74) is 0. The first kappa shape index (κ1) is 11.9. The summed E-state index contributed by atoms with van der Waals surface area (Å²) in [7, 11) is -3.52. The Labute approximate surface area is 90.0 Å². The van der Waals surface area contributed by atoms with Crippen molar-refractivity contribution in [3.05, 3.63) is 43.0 Å². The van der Waals surface area contributed by atoms with Crippen LogP contribution < -0.4 is 0 Å². The number of aliphatic hydroxyl groups excluding tert-OH is 1. The van der Waals surface area contributed by atoms with E-state index >= 15 is 0 Å². The van der Waals surface area contributed by atoms with Crippen LogP contribution >= 0.6 is 0 Å². The molecule has 1 N–H and O–H groups in total. The Bertz CT molecular complexity index is 420. The van der Waals surface area contributed by atoms with Crippen LogP contribution in [0.2, 0.25) is 0 Å². The summed E-state index contributed by atoms with van der Waals surface area (Å²) in [5.74, 6) is 0. The summed E-state index contributed by atoms with van der Waals surface area (Å²) in [6, 6.07) is 8.05. The third-order valence-electron chi connectivity index (χ3n) is 2.14. The third-order valence-corrected chi connectivity index (χ3v) is 4.37. The monoisotopic (exact) mass is 226 g/mol. The summed E-state index contributed by atoms with van der Waals surface area (Å²) in [6.07, 6.45) is 0.292. The molecule has 82 valence electrons. The second-order valence-electron chi connectivity index (χ2n) is 3.30. The van der Waals surface area contributed by atoms with Crippen LogP contribution in [-0.4, -0.2) is 24.9 Å². The minimum absolute atomic E-state index is 0.204. The van der Waals surface area contributed by atoms with Gasteiger partial charge in [0.15, 0.2) is 9.84 Å². The molecule has 0 amide bonds. The predicted octanol–water partition coefficient (Wildman–Crippen LogP) is 1.40. The van der Waals surface area contributed by atoms with Crippen molar-refractivity contribution in [2.45, 2.75) is 23.2 Å². The fourth-order valence-corrected chi connectivity index (χ4v) is 2.97. The fraction of sp³-hybridized carbons (Fsp3) is 0.273. The van der Waals surface area contributed by atoms with Gasteiger partial charge >= 0.3 is 0 Å². The lowest BCUT2D eigenvalue weighted by molar-refractivity contribution is 0.200. The van der Waals surface area contributed by atoms with Crippen molar-refractivity contribution < 1.29 is 13.5 Å². The van der Waals surface area contributed by atoms with Crippen LogP contribution in [-0.2, 0) is 9.84 Å². The van der Waals surface area contributed by atoms with Gasteiger partial charge in [-0.3, -0.25) is 0 Å². The van der Waals surface area contributed by atoms with Gasteiger partial charge in [0, 0.05) is 0 Å². The van der Waals surface area contributed by atoms with Gasteiger partial charge in [-0.25, -0.2) is 8.42 Å². The molecule has 3 nitrogen and oxygen atoms in total. The lowest BCUT2D eigenvalue weighted by Crippen LogP contribution is -2.30. The van der Waals surface area contributed by atoms with Crippen molar-refractivity contribution in [1.82, 2.24) is 0 Å². The molecule has 0 aromatic heterocycles. The minimum atomic E-state index is -3.52. The van der Waals surface area contributed by atoms with E-state index in [1.807, 2.05) is 0 Å². The SMILES string of the molecule is C=CC(C(C)O)S(=O)(=O)c1ccccc1. The summed E-state index contributed by atoms with van der Waals surface area (Å²) in [4.78, 5) is 0.204. The standard InChI is InChI=1S/C11H14O3S/c1-3-11(9(2)12)15(13,14)10-7-5-4-6-8-10/h3-9,11-12H,1H2,2H3. The van der Waals surface area contributed by atoms with Crippen molar-refractivity contribution in [3.63, 3.8) is 0 Å². The highest BCUT2D eigenvalue weighted by Crippen LogP contribution is 2.18. The molecule has 4 heteroatoms. The minimum Gasteiger partial charge on any atom is -0.392 e. The molecular formula is C11H14O3S. The number of sulfone groups is 1. The van der Waals surface area contributed by atoms with Crippen LogP contribution in [0.4, 0.5) is 0 Å². The topological polar surface area (TPSA) is 54.4 Å². The molecule has 2 atom stereocenters. The van der Waals surface area contributed by atoms with E-state index in [4.69, 9.17) is 0 Å². The lowest BCUT2D eigenvalue weighted by atomic mass is 10.3. The second-order valence-corrected chi connectivity index (χ2v) is 5.40. The van der Waals surface area contributed by atoms with Gasteiger partial charge in [-0.15, -0.1) is 6.58 Å². The highest BCUT2D eigenvalue weighted by molar-refractivity contribution is 7.92. The van der Waals surface area contributed by atoms with Gasteiger partial charge in [0.1, 0.15) is 5.25 Å². The van der Waals surface area contributed by atoms with Gasteiger partial charge in [0.25, 0.3) is 0 Å². The zero-order chi connectivity index (χ0) is 11.5. The van der Waals surface area contributed by atoms with Crippen LogP contribution in [0.5, 0.6) is 0 Å². The smallest absolute Gasteiger partial charge is 0.187 e. The number of aliphatic hydroxyl groups is 1. The molecule has 1 rings (SSSR count). The Balaban J connectivity index is 3.18. The molecule has 0 aliphatic rings. The first-order chi connectivity index (χ1) is 7.00. The van der Waals surface area contributed by atoms with E-state index in [0.29, 0.717) is 0 Å². The van der Waals surface area contributed by atoms with Crippen molar-refractivity contribution in [2.24, 2.45) is 0 Å². The van der Waals surface area contributed by atoms with E-state index in [9.17, 15) is 13.5 Å². The van der Waals surface area contributed by atoms with Gasteiger partial charge in [-0.1, -0.05) is 24.3 Å². The maximum Gasteiger partial charge on any atom is 0.187 e. The quantitative estimate of drug-likeness (QED) is 0.789. The van der Waals surface area contributed by atoms with Crippen molar-refractivity contribution >= 4 is 9.84 Å². The molecular weight excluding hydrogens is 212 g/mol. The average Bonchev–Trinajstić information content (AvgIpc) is 2.19. The number of hydrogen-bond acceptors (Lipinski definition) is 3. The highest BCUT2D eigenvalue weighted by Gasteiger charge is 2.28. The van der Waals surface area contributed by atoms with Gasteiger partial charge in [0.05, 0.1) is 11.0 Å². The van der Waals surface area contributed by atoms with Crippen LogP contribution in [0.1, 0.15) is 6.92 Å². The van der Waals surface area contributed by atoms with E-state index in [2.05, 4.69) is 6.58 Å². The van der Waals surface area contributed by atoms with Crippen molar-refractivity contribution in [1.29, 1.82) is 0 Å². The molecule has 0 bridgehead atoms. The summed E-state index contributed by atoms with van der Waals surface area (Å²) < 4.78 is 23.9. The molecule has 0 saturated heterocycles. The number of benzene rings is 1. The van der Waals surface area contributed by atoms with E-state index in [-0.39, 0.29) is 4.90 Å². The van der Waals surface area contributed by atoms with Gasteiger partial charge < -0.3 is 5.11 Å². The maximum absolute atomic E-state index is 12.0. The Morgan fingerprint density at radius 3 is 2.27 bits per heavy atom. The number of rotatable bonds is 4. The van der Waals surface area contributed by atoms with Crippen molar-refractivity contribution in [2.75, 3.05) is 0 Å². The van der Waals surface area contributed by atoms with Gasteiger partial charge in [-0.05, 0) is 19.1 Å². The summed E-state index contributed by atoms with van der Waals surface area (Å²) in [6.45, 7) is 4.87. The fourth-order valence-electron chi connectivity index (χ4n) is 1.35. The molecule has 0 saturated carbocycles. The molecule has 0 aliphatic heterocycles. The van der Waals surface area contributed by atoms with E-state index in [1.54, 1.807) is 18.2 Å². The van der Waals surface area contributed by atoms with Gasteiger partial charge in [-0.2, -0.15) is 0 Å². The normalized spacial score (nSPS) is 15.6. The Morgan fingerprint density at radius 2 is 1.87 bits per heavy atom. The molecule has 0 spiro atoms. The highest BCUT2D eigenvalue weighted by atomic mass is 32.2. The largest absolute Gasteiger partial charge is 0.392 e. The molecule has 0 heterocycles. The molecule has 0 aliphatic carbocycles. The van der Waals surface area contributed by atoms with E-state index in [0.717, 1.165) is 0 Å². The van der Waals surface area contributed by atoms with Crippen LogP contribution in [0.15, 0.2) is 47.9 Å². The lowest BCUT2D eigenvalue weighted by Gasteiger charge is -2.16. The molecule has 1 aromatic carbocycles. The summed E-state index contributed by atoms with van der Waals surface area (Å²) in [5, 5.41) is 8.40. The Kier molecular flexibility index (Phi) is 3.66. The first-order valence-corrected chi connectivity index (χ1v) is 6.14. The molecule has 2 unspecified atom stereocenters. The Morgan fingerprint density at radius 1 is 1.33 bits per heavy atom. The van der Waals surface area contributed by atoms with E-state index < -0.39 is 21.2 Å². The van der Waals surface area contributed by atoms with Crippen LogP contribution in [0, 0.1) is 0 Å². The number of hydrogen-bond donors (Lipinski definition) is 1.